The molecule has 2 aliphatic heterocycles. The molecule has 14 nitrogen and oxygen atoms in total. The smallest absolute Gasteiger partial charge is 0.248 e. The lowest BCUT2D eigenvalue weighted by molar-refractivity contribution is -0.149. The minimum atomic E-state index is -1.33. The van der Waals surface area contributed by atoms with Crippen molar-refractivity contribution in [1.29, 1.82) is 0 Å². The zero-order valence-corrected chi connectivity index (χ0v) is 22.1. The van der Waals surface area contributed by atoms with Gasteiger partial charge in [0.15, 0.2) is 0 Å². The predicted octanol–water partition coefficient (Wildman–Crippen LogP) is -2.90. The molecule has 6 atom stereocenters. The third-order valence-corrected chi connectivity index (χ3v) is 6.73. The Morgan fingerprint density at radius 2 is 1.45 bits per heavy atom. The van der Waals surface area contributed by atoms with Gasteiger partial charge in [-0.2, -0.15) is 0 Å². The maximum absolute atomic E-state index is 13.5. The number of aliphatic hydroxyl groups excluding tert-OH is 2. The number of likely N-dealkylation sites (tertiary alicyclic amines) is 2. The number of nitrogens with one attached hydrogen (secondary N) is 3. The summed E-state index contributed by atoms with van der Waals surface area (Å²) in [5.74, 6) is -3.61. The molecule has 6 amide bonds. The molecule has 0 aromatic heterocycles. The summed E-state index contributed by atoms with van der Waals surface area (Å²) in [4.78, 5) is 77.9. The van der Waals surface area contributed by atoms with Gasteiger partial charge in [0, 0.05) is 19.5 Å². The minimum absolute atomic E-state index is 0.220. The molecule has 2 fully saturated rings. The first-order chi connectivity index (χ1) is 17.9. The Morgan fingerprint density at radius 3 is 2.00 bits per heavy atom. The summed E-state index contributed by atoms with van der Waals surface area (Å²) in [7, 11) is 0. The Kier molecular flexibility index (Phi) is 11.4. The highest BCUT2D eigenvalue weighted by molar-refractivity contribution is 5.96. The van der Waals surface area contributed by atoms with Crippen LogP contribution in [0, 0.1) is 0 Å². The van der Waals surface area contributed by atoms with Crippen LogP contribution in [0.15, 0.2) is 0 Å². The highest BCUT2D eigenvalue weighted by atomic mass is 16.3. The van der Waals surface area contributed by atoms with E-state index in [2.05, 4.69) is 16.0 Å². The molecule has 0 spiro atoms. The van der Waals surface area contributed by atoms with Crippen molar-refractivity contribution in [2.45, 2.75) is 95.7 Å². The van der Waals surface area contributed by atoms with Gasteiger partial charge in [0.2, 0.25) is 35.4 Å². The molecule has 7 N–H and O–H groups in total. The van der Waals surface area contributed by atoms with E-state index < -0.39 is 65.9 Å². The first-order valence-electron chi connectivity index (χ1n) is 13.0. The summed E-state index contributed by atoms with van der Waals surface area (Å²) in [6.45, 7) is 4.59. The molecule has 38 heavy (non-hydrogen) atoms. The topological polar surface area (TPSA) is 211 Å². The van der Waals surface area contributed by atoms with E-state index in [4.69, 9.17) is 5.73 Å². The molecule has 0 aromatic carbocycles. The minimum Gasteiger partial charge on any atom is -0.391 e. The fourth-order valence-corrected chi connectivity index (χ4v) is 4.75. The highest BCUT2D eigenvalue weighted by Crippen LogP contribution is 2.26. The molecule has 2 heterocycles. The maximum atomic E-state index is 13.5. The van der Waals surface area contributed by atoms with E-state index in [1.54, 1.807) is 0 Å². The first kappa shape index (κ1) is 31.0. The SMILES string of the molecule is CCCC(=O)NCC(=O)N[C@H](C(=O)N1CCC[C@H]1C(=O)N1CCC[C@H]1C(=O)N[C@H](C(N)=O)[C@@H](C)O)[C@@H](C)O. The van der Waals surface area contributed by atoms with Crippen molar-refractivity contribution in [2.24, 2.45) is 5.73 Å². The van der Waals surface area contributed by atoms with Gasteiger partial charge in [0.05, 0.1) is 18.8 Å². The Hall–Kier alpha value is -3.26. The van der Waals surface area contributed by atoms with Crippen molar-refractivity contribution in [2.75, 3.05) is 19.6 Å². The van der Waals surface area contributed by atoms with Gasteiger partial charge in [-0.05, 0) is 46.0 Å². The molecule has 2 rings (SSSR count). The van der Waals surface area contributed by atoms with Crippen molar-refractivity contribution < 1.29 is 39.0 Å². The zero-order chi connectivity index (χ0) is 28.6. The molecule has 14 heteroatoms. The van der Waals surface area contributed by atoms with Crippen LogP contribution >= 0.6 is 0 Å². The van der Waals surface area contributed by atoms with Crippen LogP contribution in [-0.2, 0) is 28.8 Å². The van der Waals surface area contributed by atoms with E-state index >= 15 is 0 Å². The Balaban J connectivity index is 2.10. The summed E-state index contributed by atoms with van der Waals surface area (Å²) in [6, 6.07) is -4.45. The second-order valence-corrected chi connectivity index (χ2v) is 9.82. The molecule has 0 bridgehead atoms. The molecule has 0 radical (unpaired) electrons. The second-order valence-electron chi connectivity index (χ2n) is 9.82. The number of aliphatic hydroxyl groups is 2. The van der Waals surface area contributed by atoms with Gasteiger partial charge in [-0.15, -0.1) is 0 Å². The second kappa shape index (κ2) is 14.0. The van der Waals surface area contributed by atoms with E-state index in [9.17, 15) is 39.0 Å². The van der Waals surface area contributed by atoms with Crippen LogP contribution in [0.5, 0.6) is 0 Å². The molecule has 2 saturated heterocycles. The number of nitrogens with two attached hydrogens (primary N) is 1. The lowest BCUT2D eigenvalue weighted by atomic mass is 10.1. The van der Waals surface area contributed by atoms with E-state index in [-0.39, 0.29) is 32.0 Å². The van der Waals surface area contributed by atoms with Crippen molar-refractivity contribution in [3.05, 3.63) is 0 Å². The van der Waals surface area contributed by atoms with Gasteiger partial charge in [0.1, 0.15) is 24.2 Å². The number of amides is 6. The molecule has 0 saturated carbocycles. The van der Waals surface area contributed by atoms with Gasteiger partial charge in [-0.3, -0.25) is 28.8 Å². The predicted molar refractivity (Wildman–Crippen MR) is 134 cm³/mol. The number of hydrogen-bond acceptors (Lipinski definition) is 8. The third-order valence-electron chi connectivity index (χ3n) is 6.73. The average molecular weight is 541 g/mol. The quantitative estimate of drug-likeness (QED) is 0.151. The number of rotatable bonds is 12. The van der Waals surface area contributed by atoms with Crippen LogP contribution in [-0.4, -0.2) is 111 Å². The number of primary amides is 1. The molecular weight excluding hydrogens is 500 g/mol. The zero-order valence-electron chi connectivity index (χ0n) is 22.1. The van der Waals surface area contributed by atoms with Gasteiger partial charge in [0.25, 0.3) is 0 Å². The van der Waals surface area contributed by atoms with Crippen molar-refractivity contribution in [3.63, 3.8) is 0 Å². The van der Waals surface area contributed by atoms with Gasteiger partial charge >= 0.3 is 0 Å². The van der Waals surface area contributed by atoms with Crippen molar-refractivity contribution >= 4 is 35.4 Å². The first-order valence-corrected chi connectivity index (χ1v) is 13.0. The van der Waals surface area contributed by atoms with Crippen LogP contribution in [0.3, 0.4) is 0 Å². The molecule has 0 unspecified atom stereocenters. The van der Waals surface area contributed by atoms with Gasteiger partial charge < -0.3 is 41.7 Å². The standard InChI is InChI=1S/C24H40N6O8/c1-4-7-17(33)26-12-18(34)27-20(14(3)32)24(38)30-11-6-9-16(30)23(37)29-10-5-8-15(29)22(36)28-19(13(2)31)21(25)35/h13-16,19-20,31-32H,4-12H2,1-3H3,(H2,25,35)(H,26,33)(H,27,34)(H,28,36)/t13-,14-,15+,16+,19+,20+/m1/s1. The summed E-state index contributed by atoms with van der Waals surface area (Å²) in [6.07, 6.45) is 0.0611. The summed E-state index contributed by atoms with van der Waals surface area (Å²) < 4.78 is 0. The molecule has 214 valence electrons. The van der Waals surface area contributed by atoms with Gasteiger partial charge in [-0.25, -0.2) is 0 Å². The van der Waals surface area contributed by atoms with Crippen LogP contribution in [0.1, 0.15) is 59.3 Å². The van der Waals surface area contributed by atoms with E-state index in [1.165, 1.54) is 23.6 Å². The third kappa shape index (κ3) is 7.87. The van der Waals surface area contributed by atoms with Crippen molar-refractivity contribution in [1.82, 2.24) is 25.8 Å². The monoisotopic (exact) mass is 540 g/mol. The molecular formula is C24H40N6O8. The molecule has 2 aliphatic rings. The number of nitrogens with zero attached hydrogens (tertiary/aromatic N) is 2. The Labute approximate surface area is 221 Å². The summed E-state index contributed by atoms with van der Waals surface area (Å²) in [5.41, 5.74) is 5.26. The fourth-order valence-electron chi connectivity index (χ4n) is 4.75. The van der Waals surface area contributed by atoms with Crippen LogP contribution in [0.25, 0.3) is 0 Å². The summed E-state index contributed by atoms with van der Waals surface area (Å²) >= 11 is 0. The molecule has 0 aliphatic carbocycles. The lowest BCUT2D eigenvalue weighted by Crippen LogP contribution is -2.60. The van der Waals surface area contributed by atoms with E-state index in [0.29, 0.717) is 32.1 Å². The van der Waals surface area contributed by atoms with Crippen LogP contribution in [0.2, 0.25) is 0 Å². The fraction of sp³-hybridized carbons (Fsp3) is 0.750. The number of hydrogen-bond donors (Lipinski definition) is 6. The number of carbonyl (C=O) groups excluding carboxylic acids is 6. The van der Waals surface area contributed by atoms with Gasteiger partial charge in [-0.1, -0.05) is 6.92 Å². The summed E-state index contributed by atoms with van der Waals surface area (Å²) in [5, 5.41) is 27.3. The van der Waals surface area contributed by atoms with Crippen molar-refractivity contribution in [3.8, 4) is 0 Å². The van der Waals surface area contributed by atoms with Crippen LogP contribution < -0.4 is 21.7 Å². The lowest BCUT2D eigenvalue weighted by Gasteiger charge is -2.34. The maximum Gasteiger partial charge on any atom is 0.248 e. The highest BCUT2D eigenvalue weighted by Gasteiger charge is 2.44. The van der Waals surface area contributed by atoms with E-state index in [1.807, 2.05) is 6.92 Å². The Bertz CT molecular complexity index is 910. The normalized spacial score (nSPS) is 22.2. The largest absolute Gasteiger partial charge is 0.391 e. The van der Waals surface area contributed by atoms with E-state index in [0.717, 1.165) is 0 Å². The Morgan fingerprint density at radius 1 is 0.868 bits per heavy atom. The molecule has 0 aromatic rings. The van der Waals surface area contributed by atoms with Crippen LogP contribution in [0.4, 0.5) is 0 Å². The average Bonchev–Trinajstić information content (AvgIpc) is 3.53. The number of carbonyl (C=O) groups is 6.